The molecule has 3 aromatic rings. The van der Waals surface area contributed by atoms with Crippen LogP contribution >= 0.6 is 11.6 Å². The molecule has 0 N–H and O–H groups in total. The Morgan fingerprint density at radius 1 is 1.10 bits per heavy atom. The summed E-state index contributed by atoms with van der Waals surface area (Å²) >= 11 is 5.82. The number of halogens is 1. The van der Waals surface area contributed by atoms with Gasteiger partial charge in [-0.25, -0.2) is 4.79 Å². The molecule has 0 atom stereocenters. The molecule has 1 amide bonds. The van der Waals surface area contributed by atoms with Gasteiger partial charge in [-0.3, -0.25) is 9.78 Å². The molecular formula is C23H21ClN2O4. The van der Waals surface area contributed by atoms with Crippen molar-refractivity contribution in [3.8, 4) is 5.75 Å². The molecule has 1 heterocycles. The normalized spacial score (nSPS) is 10.9. The molecule has 0 aliphatic heterocycles. The number of nitrogens with zero attached hydrogens (tertiary/aromatic N) is 2. The van der Waals surface area contributed by atoms with Gasteiger partial charge in [0, 0.05) is 35.3 Å². The van der Waals surface area contributed by atoms with E-state index in [-0.39, 0.29) is 12.5 Å². The van der Waals surface area contributed by atoms with Gasteiger partial charge in [0.1, 0.15) is 12.4 Å². The number of benzene rings is 2. The maximum atomic E-state index is 12.1. The van der Waals surface area contributed by atoms with E-state index in [1.165, 1.54) is 11.0 Å². The van der Waals surface area contributed by atoms with Crippen molar-refractivity contribution in [3.05, 3.63) is 77.5 Å². The first-order valence-electron chi connectivity index (χ1n) is 9.34. The second kappa shape index (κ2) is 10.4. The molecular weight excluding hydrogens is 404 g/mol. The standard InChI is InChI=1S/C23H21ClN2O4/c1-26(14-15-29-20-10-8-19(24)9-11-20)21(27)16-30-22(28)12-7-18-5-2-4-17-6-3-13-25-23(17)18/h2-13H,14-16H2,1H3/b12-7+. The van der Waals surface area contributed by atoms with Crippen LogP contribution < -0.4 is 4.74 Å². The Kier molecular flexibility index (Phi) is 7.40. The summed E-state index contributed by atoms with van der Waals surface area (Å²) in [5, 5.41) is 1.60. The summed E-state index contributed by atoms with van der Waals surface area (Å²) in [4.78, 5) is 29.9. The van der Waals surface area contributed by atoms with Gasteiger partial charge in [0.15, 0.2) is 6.61 Å². The molecule has 1 aromatic heterocycles. The number of pyridine rings is 1. The van der Waals surface area contributed by atoms with Crippen molar-refractivity contribution in [1.29, 1.82) is 0 Å². The second-order valence-corrected chi connectivity index (χ2v) is 6.92. The molecule has 30 heavy (non-hydrogen) atoms. The van der Waals surface area contributed by atoms with Gasteiger partial charge >= 0.3 is 5.97 Å². The molecule has 0 unspecified atom stereocenters. The Labute approximate surface area is 179 Å². The van der Waals surface area contributed by atoms with Gasteiger partial charge in [-0.1, -0.05) is 35.9 Å². The zero-order valence-corrected chi connectivity index (χ0v) is 17.2. The Morgan fingerprint density at radius 2 is 1.87 bits per heavy atom. The van der Waals surface area contributed by atoms with Crippen molar-refractivity contribution in [2.24, 2.45) is 0 Å². The first-order valence-corrected chi connectivity index (χ1v) is 9.71. The van der Waals surface area contributed by atoms with Crippen LogP contribution in [0.2, 0.25) is 5.02 Å². The largest absolute Gasteiger partial charge is 0.492 e. The van der Waals surface area contributed by atoms with Crippen LogP contribution in [0.25, 0.3) is 17.0 Å². The summed E-state index contributed by atoms with van der Waals surface area (Å²) in [6.45, 7) is 0.330. The first-order chi connectivity index (χ1) is 14.5. The molecule has 0 aliphatic rings. The summed E-state index contributed by atoms with van der Waals surface area (Å²) < 4.78 is 10.6. The monoisotopic (exact) mass is 424 g/mol. The second-order valence-electron chi connectivity index (χ2n) is 6.48. The van der Waals surface area contributed by atoms with Crippen molar-refractivity contribution in [2.75, 3.05) is 26.8 Å². The number of para-hydroxylation sites is 1. The number of carbonyl (C=O) groups excluding carboxylic acids is 2. The van der Waals surface area contributed by atoms with Crippen LogP contribution in [0.15, 0.2) is 66.9 Å². The first kappa shape index (κ1) is 21.3. The van der Waals surface area contributed by atoms with Gasteiger partial charge in [0.25, 0.3) is 5.91 Å². The van der Waals surface area contributed by atoms with Crippen LogP contribution in [0.4, 0.5) is 0 Å². The molecule has 0 fully saturated rings. The molecule has 0 saturated heterocycles. The summed E-state index contributed by atoms with van der Waals surface area (Å²) in [6, 6.07) is 16.5. The van der Waals surface area contributed by atoms with Crippen molar-refractivity contribution in [2.45, 2.75) is 0 Å². The van der Waals surface area contributed by atoms with Gasteiger partial charge in [-0.15, -0.1) is 0 Å². The number of esters is 1. The van der Waals surface area contributed by atoms with E-state index >= 15 is 0 Å². The summed E-state index contributed by atoms with van der Waals surface area (Å²) in [5.74, 6) is -0.245. The molecule has 0 bridgehead atoms. The van der Waals surface area contributed by atoms with Gasteiger partial charge < -0.3 is 14.4 Å². The number of hydrogen-bond donors (Lipinski definition) is 0. The lowest BCUT2D eigenvalue weighted by Crippen LogP contribution is -2.34. The third-order valence-electron chi connectivity index (χ3n) is 4.34. The third kappa shape index (κ3) is 6.06. The van der Waals surface area contributed by atoms with Crippen molar-refractivity contribution < 1.29 is 19.1 Å². The predicted molar refractivity (Wildman–Crippen MR) is 116 cm³/mol. The molecule has 0 spiro atoms. The van der Waals surface area contributed by atoms with E-state index in [9.17, 15) is 9.59 Å². The van der Waals surface area contributed by atoms with Crippen molar-refractivity contribution in [1.82, 2.24) is 9.88 Å². The molecule has 0 saturated carbocycles. The molecule has 3 rings (SSSR count). The van der Waals surface area contributed by atoms with Crippen LogP contribution in [0.5, 0.6) is 5.75 Å². The molecule has 7 heteroatoms. The average molecular weight is 425 g/mol. The van der Waals surface area contributed by atoms with Gasteiger partial charge in [-0.2, -0.15) is 0 Å². The zero-order chi connectivity index (χ0) is 21.3. The molecule has 0 radical (unpaired) electrons. The highest BCUT2D eigenvalue weighted by atomic mass is 35.5. The molecule has 2 aromatic carbocycles. The minimum Gasteiger partial charge on any atom is -0.492 e. The number of amides is 1. The van der Waals surface area contributed by atoms with Crippen molar-refractivity contribution >= 4 is 40.5 Å². The smallest absolute Gasteiger partial charge is 0.331 e. The van der Waals surface area contributed by atoms with E-state index in [4.69, 9.17) is 21.1 Å². The Hall–Kier alpha value is -3.38. The van der Waals surface area contributed by atoms with Crippen LogP contribution in [0, 0.1) is 0 Å². The van der Waals surface area contributed by atoms with Gasteiger partial charge in [0.2, 0.25) is 0 Å². The highest BCUT2D eigenvalue weighted by Gasteiger charge is 2.11. The summed E-state index contributed by atoms with van der Waals surface area (Å²) in [7, 11) is 1.62. The van der Waals surface area contributed by atoms with E-state index < -0.39 is 5.97 Å². The lowest BCUT2D eigenvalue weighted by Gasteiger charge is -2.17. The minimum atomic E-state index is -0.595. The fourth-order valence-corrected chi connectivity index (χ4v) is 2.79. The van der Waals surface area contributed by atoms with Crippen LogP contribution in [0.3, 0.4) is 0 Å². The zero-order valence-electron chi connectivity index (χ0n) is 16.5. The molecule has 6 nitrogen and oxygen atoms in total. The average Bonchev–Trinajstić information content (AvgIpc) is 2.77. The van der Waals surface area contributed by atoms with Crippen LogP contribution in [-0.4, -0.2) is 48.6 Å². The fraction of sp³-hybridized carbons (Fsp3) is 0.174. The molecule has 154 valence electrons. The fourth-order valence-electron chi connectivity index (χ4n) is 2.67. The van der Waals surface area contributed by atoms with Crippen LogP contribution in [-0.2, 0) is 14.3 Å². The lowest BCUT2D eigenvalue weighted by atomic mass is 10.1. The maximum absolute atomic E-state index is 12.1. The highest BCUT2D eigenvalue weighted by molar-refractivity contribution is 6.30. The van der Waals surface area contributed by atoms with Gasteiger partial charge in [0.05, 0.1) is 12.1 Å². The van der Waals surface area contributed by atoms with E-state index in [1.54, 1.807) is 43.6 Å². The number of hydrogen-bond acceptors (Lipinski definition) is 5. The van der Waals surface area contributed by atoms with Crippen LogP contribution in [0.1, 0.15) is 5.56 Å². The Balaban J connectivity index is 1.43. The van der Waals surface area contributed by atoms with E-state index in [2.05, 4.69) is 4.98 Å². The predicted octanol–water partition coefficient (Wildman–Crippen LogP) is 3.98. The van der Waals surface area contributed by atoms with E-state index in [0.717, 1.165) is 16.5 Å². The molecule has 0 aliphatic carbocycles. The number of carbonyl (C=O) groups is 2. The Bertz CT molecular complexity index is 1050. The summed E-state index contributed by atoms with van der Waals surface area (Å²) in [6.07, 6.45) is 4.62. The number of fused-ring (bicyclic) bond motifs is 1. The highest BCUT2D eigenvalue weighted by Crippen LogP contribution is 2.17. The number of rotatable bonds is 8. The van der Waals surface area contributed by atoms with Crippen molar-refractivity contribution in [3.63, 3.8) is 0 Å². The lowest BCUT2D eigenvalue weighted by molar-refractivity contribution is -0.147. The van der Waals surface area contributed by atoms with E-state index in [0.29, 0.717) is 23.9 Å². The summed E-state index contributed by atoms with van der Waals surface area (Å²) in [5.41, 5.74) is 1.59. The third-order valence-corrected chi connectivity index (χ3v) is 4.59. The van der Waals surface area contributed by atoms with Gasteiger partial charge in [-0.05, 0) is 36.4 Å². The minimum absolute atomic E-state index is 0.311. The quantitative estimate of drug-likeness (QED) is 0.404. The number of ether oxygens (including phenoxy) is 2. The van der Waals surface area contributed by atoms with E-state index in [1.807, 2.05) is 30.3 Å². The maximum Gasteiger partial charge on any atom is 0.331 e. The Morgan fingerprint density at radius 3 is 2.67 bits per heavy atom. The SMILES string of the molecule is CN(CCOc1ccc(Cl)cc1)C(=O)COC(=O)/C=C/c1cccc2cccnc12. The topological polar surface area (TPSA) is 68.7 Å². The number of likely N-dealkylation sites (N-methyl/N-ethyl adjacent to an activating group) is 1. The number of aromatic nitrogens is 1.